The van der Waals surface area contributed by atoms with Gasteiger partial charge in [-0.25, -0.2) is 9.97 Å². The zero-order chi connectivity index (χ0) is 14.9. The summed E-state index contributed by atoms with van der Waals surface area (Å²) in [5.74, 6) is 1.00. The van der Waals surface area contributed by atoms with Crippen LogP contribution in [0.3, 0.4) is 0 Å². The van der Waals surface area contributed by atoms with Gasteiger partial charge in [-0.05, 0) is 43.2 Å². The van der Waals surface area contributed by atoms with Gasteiger partial charge in [0.15, 0.2) is 5.65 Å². The number of nitrogens with zero attached hydrogens (tertiary/aromatic N) is 5. The minimum Gasteiger partial charge on any atom is -0.357 e. The molecular formula is C17H15N5. The van der Waals surface area contributed by atoms with Gasteiger partial charge >= 0.3 is 0 Å². The lowest BCUT2D eigenvalue weighted by atomic mass is 10.2. The Kier molecular flexibility index (Phi) is 3.01. The van der Waals surface area contributed by atoms with Crippen LogP contribution < -0.4 is 4.90 Å². The summed E-state index contributed by atoms with van der Waals surface area (Å²) in [6.07, 6.45) is 4.22. The lowest BCUT2D eigenvalue weighted by Crippen LogP contribution is -2.18. The molecule has 3 aromatic rings. The predicted molar refractivity (Wildman–Crippen MR) is 85.0 cm³/mol. The Balaban J connectivity index is 1.83. The minimum atomic E-state index is 0.634. The monoisotopic (exact) mass is 289 g/mol. The standard InChI is InChI=1S/C17H15N5/c18-11-13-4-3-5-14(10-13)22-12-19-15-6-7-16(20-17(15)22)21-8-1-2-9-21/h3-7,10,12H,1-2,8-9H2. The second-order valence-corrected chi connectivity index (χ2v) is 5.48. The molecule has 108 valence electrons. The molecule has 0 N–H and O–H groups in total. The number of imidazole rings is 1. The van der Waals surface area contributed by atoms with Crippen LogP contribution in [0.25, 0.3) is 16.9 Å². The summed E-state index contributed by atoms with van der Waals surface area (Å²) in [6, 6.07) is 13.7. The Morgan fingerprint density at radius 1 is 1.09 bits per heavy atom. The first-order valence-corrected chi connectivity index (χ1v) is 7.45. The topological polar surface area (TPSA) is 57.7 Å². The van der Waals surface area contributed by atoms with Gasteiger partial charge in [0.1, 0.15) is 17.7 Å². The van der Waals surface area contributed by atoms with E-state index in [-0.39, 0.29) is 0 Å². The molecule has 2 aromatic heterocycles. The first kappa shape index (κ1) is 12.8. The normalized spacial score (nSPS) is 14.4. The SMILES string of the molecule is N#Cc1cccc(-n2cnc3ccc(N4CCCC4)nc32)c1. The van der Waals surface area contributed by atoms with Crippen LogP contribution in [0, 0.1) is 11.3 Å². The van der Waals surface area contributed by atoms with Crippen molar-refractivity contribution < 1.29 is 0 Å². The molecule has 0 aliphatic carbocycles. The maximum absolute atomic E-state index is 9.06. The van der Waals surface area contributed by atoms with Gasteiger partial charge in [-0.2, -0.15) is 5.26 Å². The van der Waals surface area contributed by atoms with E-state index in [2.05, 4.69) is 16.0 Å². The van der Waals surface area contributed by atoms with Crippen LogP contribution in [-0.4, -0.2) is 27.6 Å². The zero-order valence-electron chi connectivity index (χ0n) is 12.1. The Bertz CT molecular complexity index is 868. The third-order valence-electron chi connectivity index (χ3n) is 4.06. The fraction of sp³-hybridized carbons (Fsp3) is 0.235. The van der Waals surface area contributed by atoms with Crippen molar-refractivity contribution in [1.29, 1.82) is 5.26 Å². The molecular weight excluding hydrogens is 274 g/mol. The maximum atomic E-state index is 9.06. The highest BCUT2D eigenvalue weighted by atomic mass is 15.2. The van der Waals surface area contributed by atoms with E-state index in [1.807, 2.05) is 34.9 Å². The molecule has 1 saturated heterocycles. The number of benzene rings is 1. The minimum absolute atomic E-state index is 0.634. The molecule has 0 unspecified atom stereocenters. The fourth-order valence-corrected chi connectivity index (χ4v) is 2.92. The molecule has 5 nitrogen and oxygen atoms in total. The van der Waals surface area contributed by atoms with Gasteiger partial charge in [-0.3, -0.25) is 4.57 Å². The molecule has 1 aliphatic rings. The van der Waals surface area contributed by atoms with Gasteiger partial charge in [0, 0.05) is 18.8 Å². The number of pyridine rings is 1. The molecule has 5 heteroatoms. The number of aromatic nitrogens is 3. The molecule has 1 aromatic carbocycles. The summed E-state index contributed by atoms with van der Waals surface area (Å²) < 4.78 is 1.94. The van der Waals surface area contributed by atoms with Gasteiger partial charge in [0.25, 0.3) is 0 Å². The second kappa shape index (κ2) is 5.15. The smallest absolute Gasteiger partial charge is 0.166 e. The number of fused-ring (bicyclic) bond motifs is 1. The van der Waals surface area contributed by atoms with Crippen molar-refractivity contribution in [2.24, 2.45) is 0 Å². The molecule has 0 atom stereocenters. The first-order valence-electron chi connectivity index (χ1n) is 7.45. The quantitative estimate of drug-likeness (QED) is 0.728. The van der Waals surface area contributed by atoms with Gasteiger partial charge in [-0.15, -0.1) is 0 Å². The fourth-order valence-electron chi connectivity index (χ4n) is 2.92. The zero-order valence-corrected chi connectivity index (χ0v) is 12.1. The lowest BCUT2D eigenvalue weighted by molar-refractivity contribution is 0.937. The molecule has 1 fully saturated rings. The van der Waals surface area contributed by atoms with E-state index in [4.69, 9.17) is 10.2 Å². The van der Waals surface area contributed by atoms with E-state index in [0.29, 0.717) is 5.56 Å². The summed E-state index contributed by atoms with van der Waals surface area (Å²) in [5.41, 5.74) is 3.24. The number of hydrogen-bond donors (Lipinski definition) is 0. The third kappa shape index (κ3) is 2.09. The Morgan fingerprint density at radius 2 is 1.95 bits per heavy atom. The van der Waals surface area contributed by atoms with E-state index in [1.165, 1.54) is 12.8 Å². The van der Waals surface area contributed by atoms with Crippen molar-refractivity contribution >= 4 is 17.0 Å². The average molecular weight is 289 g/mol. The average Bonchev–Trinajstić information content (AvgIpc) is 3.23. The van der Waals surface area contributed by atoms with Crippen LogP contribution in [0.1, 0.15) is 18.4 Å². The van der Waals surface area contributed by atoms with E-state index in [9.17, 15) is 0 Å². The highest BCUT2D eigenvalue weighted by molar-refractivity contribution is 5.75. The molecule has 0 saturated carbocycles. The second-order valence-electron chi connectivity index (χ2n) is 5.48. The molecule has 22 heavy (non-hydrogen) atoms. The van der Waals surface area contributed by atoms with Crippen LogP contribution >= 0.6 is 0 Å². The summed E-state index contributed by atoms with van der Waals surface area (Å²) >= 11 is 0. The van der Waals surface area contributed by atoms with Crippen LogP contribution in [0.2, 0.25) is 0 Å². The molecule has 0 radical (unpaired) electrons. The van der Waals surface area contributed by atoms with Crippen LogP contribution in [0.4, 0.5) is 5.82 Å². The van der Waals surface area contributed by atoms with Gasteiger partial charge in [0.2, 0.25) is 0 Å². The number of anilines is 1. The Hall–Kier alpha value is -2.87. The van der Waals surface area contributed by atoms with E-state index < -0.39 is 0 Å². The molecule has 0 spiro atoms. The van der Waals surface area contributed by atoms with E-state index in [1.54, 1.807) is 12.4 Å². The van der Waals surface area contributed by atoms with E-state index >= 15 is 0 Å². The van der Waals surface area contributed by atoms with E-state index in [0.717, 1.165) is 35.8 Å². The van der Waals surface area contributed by atoms with Gasteiger partial charge < -0.3 is 4.90 Å². The highest BCUT2D eigenvalue weighted by Crippen LogP contribution is 2.23. The molecule has 0 bridgehead atoms. The van der Waals surface area contributed by atoms with Crippen LogP contribution in [0.5, 0.6) is 0 Å². The van der Waals surface area contributed by atoms with Gasteiger partial charge in [0.05, 0.1) is 11.6 Å². The van der Waals surface area contributed by atoms with Crippen molar-refractivity contribution in [2.75, 3.05) is 18.0 Å². The highest BCUT2D eigenvalue weighted by Gasteiger charge is 2.15. The predicted octanol–water partition coefficient (Wildman–Crippen LogP) is 2.89. The summed E-state index contributed by atoms with van der Waals surface area (Å²) in [5, 5.41) is 9.06. The van der Waals surface area contributed by atoms with Crippen molar-refractivity contribution in [3.05, 3.63) is 48.3 Å². The molecule has 4 rings (SSSR count). The van der Waals surface area contributed by atoms with Crippen LogP contribution in [-0.2, 0) is 0 Å². The lowest BCUT2D eigenvalue weighted by Gasteiger charge is -2.16. The molecule has 3 heterocycles. The summed E-state index contributed by atoms with van der Waals surface area (Å²) in [7, 11) is 0. The van der Waals surface area contributed by atoms with Gasteiger partial charge in [-0.1, -0.05) is 6.07 Å². The maximum Gasteiger partial charge on any atom is 0.166 e. The van der Waals surface area contributed by atoms with Crippen molar-refractivity contribution in [3.63, 3.8) is 0 Å². The number of hydrogen-bond acceptors (Lipinski definition) is 4. The largest absolute Gasteiger partial charge is 0.357 e. The number of rotatable bonds is 2. The van der Waals surface area contributed by atoms with Crippen molar-refractivity contribution in [2.45, 2.75) is 12.8 Å². The summed E-state index contributed by atoms with van der Waals surface area (Å²) in [4.78, 5) is 11.5. The van der Waals surface area contributed by atoms with Crippen LogP contribution in [0.15, 0.2) is 42.7 Å². The van der Waals surface area contributed by atoms with Crippen molar-refractivity contribution in [1.82, 2.24) is 14.5 Å². The molecule has 1 aliphatic heterocycles. The van der Waals surface area contributed by atoms with Crippen molar-refractivity contribution in [3.8, 4) is 11.8 Å². The molecule has 0 amide bonds. The Morgan fingerprint density at radius 3 is 2.77 bits per heavy atom. The first-order chi connectivity index (χ1) is 10.8. The third-order valence-corrected chi connectivity index (χ3v) is 4.06. The summed E-state index contributed by atoms with van der Waals surface area (Å²) in [6.45, 7) is 2.13. The number of nitriles is 1. The Labute approximate surface area is 128 Å².